The normalized spacial score (nSPS) is 14.7. The smallest absolute Gasteiger partial charge is 0.325 e. The molecule has 0 saturated carbocycles. The molecule has 1 heterocycles. The Balaban J connectivity index is 1.86. The summed E-state index contributed by atoms with van der Waals surface area (Å²) in [5.74, 6) is 0. The van der Waals surface area contributed by atoms with E-state index >= 15 is 0 Å². The number of hydrogen-bond acceptors (Lipinski definition) is 5. The van der Waals surface area contributed by atoms with Crippen molar-refractivity contribution in [3.8, 4) is 0 Å². The van der Waals surface area contributed by atoms with Gasteiger partial charge in [-0.2, -0.15) is 8.42 Å². The van der Waals surface area contributed by atoms with Crippen LogP contribution in [-0.2, 0) is 20.2 Å². The Kier molecular flexibility index (Phi) is 5.57. The van der Waals surface area contributed by atoms with E-state index in [1.165, 1.54) is 12.1 Å². The average Bonchev–Trinajstić information content (AvgIpc) is 3.17. The third kappa shape index (κ3) is 4.60. The van der Waals surface area contributed by atoms with Crippen LogP contribution in [0.1, 0.15) is 12.8 Å². The summed E-state index contributed by atoms with van der Waals surface area (Å²) in [6.45, 7) is 1.26. The summed E-state index contributed by atoms with van der Waals surface area (Å²) in [5.41, 5.74) is 0.348. The highest BCUT2D eigenvalue weighted by atomic mass is 32.3. The fraction of sp³-hybridized carbons (Fsp3) is 0.235. The van der Waals surface area contributed by atoms with Crippen LogP contribution in [0.2, 0.25) is 0 Å². The van der Waals surface area contributed by atoms with Crippen molar-refractivity contribution in [1.82, 2.24) is 4.90 Å². The van der Waals surface area contributed by atoms with E-state index in [4.69, 9.17) is 0 Å². The Labute approximate surface area is 162 Å². The van der Waals surface area contributed by atoms with Gasteiger partial charge in [0.05, 0.1) is 21.2 Å². The second-order valence-electron chi connectivity index (χ2n) is 6.19. The van der Waals surface area contributed by atoms with Crippen LogP contribution in [0, 0.1) is 0 Å². The molecule has 150 valence electrons. The van der Waals surface area contributed by atoms with Crippen LogP contribution < -0.4 is 10.0 Å². The van der Waals surface area contributed by atoms with Crippen molar-refractivity contribution in [3.63, 3.8) is 0 Å². The molecule has 1 saturated heterocycles. The molecule has 0 unspecified atom stereocenters. The molecule has 0 aliphatic carbocycles. The molecule has 11 heteroatoms. The lowest BCUT2D eigenvalue weighted by Crippen LogP contribution is -2.32. The first kappa shape index (κ1) is 20.1. The summed E-state index contributed by atoms with van der Waals surface area (Å²) in [7, 11) is -9.27. The summed E-state index contributed by atoms with van der Waals surface area (Å²) in [4.78, 5) is 12.7. The number of amides is 2. The summed E-state index contributed by atoms with van der Waals surface area (Å²) < 4.78 is 62.8. The van der Waals surface area contributed by atoms with Gasteiger partial charge in [0.25, 0.3) is 10.0 Å². The molecule has 0 bridgehead atoms. The first-order chi connectivity index (χ1) is 13.2. The monoisotopic (exact) mass is 427 g/mol. The van der Waals surface area contributed by atoms with Crippen molar-refractivity contribution in [1.29, 1.82) is 0 Å². The lowest BCUT2D eigenvalue weighted by atomic mass is 10.3. The summed E-state index contributed by atoms with van der Waals surface area (Å²) in [6, 6.07) is 9.81. The van der Waals surface area contributed by atoms with E-state index in [1.54, 1.807) is 17.0 Å². The predicted molar refractivity (Wildman–Crippen MR) is 102 cm³/mol. The zero-order chi connectivity index (χ0) is 20.4. The molecule has 0 aromatic heterocycles. The van der Waals surface area contributed by atoms with Crippen molar-refractivity contribution in [2.75, 3.05) is 23.1 Å². The Hall–Kier alpha value is -2.66. The van der Waals surface area contributed by atoms with Crippen LogP contribution in [0.5, 0.6) is 0 Å². The maximum Gasteiger partial charge on any atom is 0.332 e. The van der Waals surface area contributed by atoms with Gasteiger partial charge in [0, 0.05) is 13.1 Å². The molecule has 2 aromatic rings. The second kappa shape index (κ2) is 7.76. The van der Waals surface area contributed by atoms with Gasteiger partial charge < -0.3 is 10.2 Å². The molecule has 3 rings (SSSR count). The number of sulfonamides is 1. The number of urea groups is 1. The topological polar surface area (TPSA) is 113 Å². The predicted octanol–water partition coefficient (Wildman–Crippen LogP) is 2.77. The van der Waals surface area contributed by atoms with E-state index in [0.717, 1.165) is 37.1 Å². The number of rotatable bonds is 5. The van der Waals surface area contributed by atoms with Gasteiger partial charge in [-0.05, 0) is 43.2 Å². The van der Waals surface area contributed by atoms with E-state index in [-0.39, 0.29) is 17.4 Å². The molecule has 1 aliphatic heterocycles. The third-order valence-corrected chi connectivity index (χ3v) is 6.38. The van der Waals surface area contributed by atoms with Crippen LogP contribution >= 0.6 is 0 Å². The second-order valence-corrected chi connectivity index (χ2v) is 9.22. The highest BCUT2D eigenvalue weighted by molar-refractivity contribution is 7.92. The standard InChI is InChI=1S/C17H18FN3O5S2/c18-27(23,24)13-6-5-7-14(12-13)28(25,26)20-16-9-2-1-8-15(16)19-17(22)21-10-3-4-11-21/h1-2,5-9,12,20H,3-4,10-11H2,(H,19,22). The van der Waals surface area contributed by atoms with Crippen LogP contribution in [0.15, 0.2) is 58.3 Å². The van der Waals surface area contributed by atoms with Crippen LogP contribution in [0.3, 0.4) is 0 Å². The highest BCUT2D eigenvalue weighted by Crippen LogP contribution is 2.26. The van der Waals surface area contributed by atoms with Gasteiger partial charge in [-0.15, -0.1) is 3.89 Å². The number of nitrogens with zero attached hydrogens (tertiary/aromatic N) is 1. The van der Waals surface area contributed by atoms with Crippen molar-refractivity contribution in [3.05, 3.63) is 48.5 Å². The number of carbonyl (C=O) groups is 1. The van der Waals surface area contributed by atoms with Crippen molar-refractivity contribution in [2.45, 2.75) is 22.6 Å². The lowest BCUT2D eigenvalue weighted by molar-refractivity contribution is 0.222. The SMILES string of the molecule is O=C(Nc1ccccc1NS(=O)(=O)c1cccc(S(=O)(=O)F)c1)N1CCCC1. The number of benzene rings is 2. The Bertz CT molecular complexity index is 1100. The third-order valence-electron chi connectivity index (χ3n) is 4.20. The molecule has 0 radical (unpaired) electrons. The quantitative estimate of drug-likeness (QED) is 0.713. The van der Waals surface area contributed by atoms with Gasteiger partial charge in [-0.25, -0.2) is 13.2 Å². The van der Waals surface area contributed by atoms with Crippen molar-refractivity contribution in [2.24, 2.45) is 0 Å². The Morgan fingerprint density at radius 1 is 0.893 bits per heavy atom. The van der Waals surface area contributed by atoms with E-state index in [9.17, 15) is 25.5 Å². The van der Waals surface area contributed by atoms with Gasteiger partial charge in [-0.1, -0.05) is 18.2 Å². The maximum absolute atomic E-state index is 13.2. The molecule has 2 N–H and O–H groups in total. The summed E-state index contributed by atoms with van der Waals surface area (Å²) in [6.07, 6.45) is 1.82. The average molecular weight is 427 g/mol. The van der Waals surface area contributed by atoms with Gasteiger partial charge in [0.2, 0.25) is 0 Å². The van der Waals surface area contributed by atoms with E-state index < -0.39 is 30.0 Å². The van der Waals surface area contributed by atoms with E-state index in [2.05, 4.69) is 10.0 Å². The zero-order valence-corrected chi connectivity index (χ0v) is 16.3. The Morgan fingerprint density at radius 2 is 1.50 bits per heavy atom. The molecule has 1 aliphatic rings. The molecule has 0 atom stereocenters. The first-order valence-electron chi connectivity index (χ1n) is 8.39. The molecule has 28 heavy (non-hydrogen) atoms. The number of carbonyl (C=O) groups excluding carboxylic acids is 1. The van der Waals surface area contributed by atoms with Gasteiger partial charge in [0.1, 0.15) is 0 Å². The summed E-state index contributed by atoms with van der Waals surface area (Å²) in [5, 5.41) is 2.67. The first-order valence-corrected chi connectivity index (χ1v) is 11.3. The number of hydrogen-bond donors (Lipinski definition) is 2. The van der Waals surface area contributed by atoms with Gasteiger partial charge in [0.15, 0.2) is 0 Å². The molecule has 1 fully saturated rings. The number of nitrogens with one attached hydrogen (secondary N) is 2. The fourth-order valence-corrected chi connectivity index (χ4v) is 4.50. The lowest BCUT2D eigenvalue weighted by Gasteiger charge is -2.18. The molecule has 2 aromatic carbocycles. The Morgan fingerprint density at radius 3 is 2.14 bits per heavy atom. The minimum atomic E-state index is -5.05. The largest absolute Gasteiger partial charge is 0.332 e. The zero-order valence-electron chi connectivity index (χ0n) is 14.6. The van der Waals surface area contributed by atoms with Gasteiger partial charge >= 0.3 is 16.3 Å². The van der Waals surface area contributed by atoms with Crippen molar-refractivity contribution < 1.29 is 25.5 Å². The van der Waals surface area contributed by atoms with E-state index in [0.29, 0.717) is 13.1 Å². The molecule has 2 amide bonds. The number of para-hydroxylation sites is 2. The molecular weight excluding hydrogens is 409 g/mol. The fourth-order valence-electron chi connectivity index (χ4n) is 2.79. The molecule has 8 nitrogen and oxygen atoms in total. The van der Waals surface area contributed by atoms with E-state index in [1.807, 2.05) is 0 Å². The number of halogens is 1. The number of likely N-dealkylation sites (tertiary alicyclic amines) is 1. The molecular formula is C17H18FN3O5S2. The molecule has 0 spiro atoms. The number of anilines is 2. The van der Waals surface area contributed by atoms with Crippen LogP contribution in [-0.4, -0.2) is 40.9 Å². The maximum atomic E-state index is 13.2. The highest BCUT2D eigenvalue weighted by Gasteiger charge is 2.22. The minimum absolute atomic E-state index is 0.101. The van der Waals surface area contributed by atoms with Crippen LogP contribution in [0.25, 0.3) is 0 Å². The van der Waals surface area contributed by atoms with Crippen molar-refractivity contribution >= 4 is 37.7 Å². The van der Waals surface area contributed by atoms with Crippen LogP contribution in [0.4, 0.5) is 20.1 Å². The summed E-state index contributed by atoms with van der Waals surface area (Å²) >= 11 is 0. The van der Waals surface area contributed by atoms with Gasteiger partial charge in [-0.3, -0.25) is 4.72 Å². The minimum Gasteiger partial charge on any atom is -0.325 e.